The van der Waals surface area contributed by atoms with Crippen LogP contribution in [0.5, 0.6) is 0 Å². The van der Waals surface area contributed by atoms with Crippen LogP contribution in [0.4, 0.5) is 0 Å². The highest BCUT2D eigenvalue weighted by Gasteiger charge is 1.89. The molecule has 0 atom stereocenters. The van der Waals surface area contributed by atoms with Crippen LogP contribution in [0.15, 0.2) is 0 Å². The Morgan fingerprint density at radius 3 is 2.17 bits per heavy atom. The number of unbranched alkanes of at least 4 members (excludes halogenated alkanes) is 2. The van der Waals surface area contributed by atoms with Crippen molar-refractivity contribution in [3.05, 3.63) is 0 Å². The van der Waals surface area contributed by atoms with Crippen molar-refractivity contribution in [1.82, 2.24) is 0 Å². The van der Waals surface area contributed by atoms with Crippen molar-refractivity contribution in [3.63, 3.8) is 0 Å². The molecule has 0 aliphatic heterocycles. The molecule has 0 spiro atoms. The highest BCUT2D eigenvalue weighted by atomic mass is 16.5. The van der Waals surface area contributed by atoms with Gasteiger partial charge in [-0.2, -0.15) is 0 Å². The van der Waals surface area contributed by atoms with Crippen LogP contribution in [0.1, 0.15) is 40.0 Å². The molecule has 0 aromatic carbocycles. The Morgan fingerprint density at radius 1 is 1.00 bits per heavy atom. The van der Waals surface area contributed by atoms with Crippen molar-refractivity contribution in [3.8, 4) is 0 Å². The Labute approximate surface area is 110 Å². The number of rotatable bonds is 10. The molecule has 0 aromatic rings. The molecule has 0 fully saturated rings. The van der Waals surface area contributed by atoms with Gasteiger partial charge >= 0.3 is 5.97 Å². The molecule has 0 aliphatic rings. The molecule has 0 bridgehead atoms. The molecule has 0 radical (unpaired) electrons. The second-order valence-corrected chi connectivity index (χ2v) is 3.58. The summed E-state index contributed by atoms with van der Waals surface area (Å²) >= 11 is 0. The molecular formula is C13H28O5. The first-order valence-electron chi connectivity index (χ1n) is 6.58. The summed E-state index contributed by atoms with van der Waals surface area (Å²) in [5, 5.41) is 8.26. The zero-order chi connectivity index (χ0) is 14.1. The maximum Gasteiger partial charge on any atom is 0.302 e. The number of esters is 1. The predicted octanol–water partition coefficient (Wildman–Crippen LogP) is 1.77. The topological polar surface area (TPSA) is 65.0 Å². The molecule has 5 nitrogen and oxygen atoms in total. The number of hydrogen-bond acceptors (Lipinski definition) is 5. The quantitative estimate of drug-likeness (QED) is 0.481. The van der Waals surface area contributed by atoms with Gasteiger partial charge in [0.2, 0.25) is 0 Å². The molecule has 0 saturated carbocycles. The lowest BCUT2D eigenvalue weighted by Gasteiger charge is -2.00. The minimum absolute atomic E-state index is 0.0894. The van der Waals surface area contributed by atoms with Crippen LogP contribution < -0.4 is 0 Å². The van der Waals surface area contributed by atoms with E-state index in [1.54, 1.807) is 0 Å². The fourth-order valence-corrected chi connectivity index (χ4v) is 0.997. The van der Waals surface area contributed by atoms with Crippen LogP contribution in [0.25, 0.3) is 0 Å². The Bertz CT molecular complexity index is 155. The minimum Gasteiger partial charge on any atom is -0.466 e. The largest absolute Gasteiger partial charge is 0.466 e. The van der Waals surface area contributed by atoms with Crippen LogP contribution in [0.2, 0.25) is 0 Å². The van der Waals surface area contributed by atoms with Crippen LogP contribution in [-0.2, 0) is 19.0 Å². The van der Waals surface area contributed by atoms with Crippen molar-refractivity contribution in [2.75, 3.05) is 39.6 Å². The molecule has 18 heavy (non-hydrogen) atoms. The van der Waals surface area contributed by atoms with Gasteiger partial charge in [0, 0.05) is 13.5 Å². The van der Waals surface area contributed by atoms with E-state index >= 15 is 0 Å². The third-order valence-electron chi connectivity index (χ3n) is 1.86. The predicted molar refractivity (Wildman–Crippen MR) is 70.6 cm³/mol. The number of hydrogen-bond donors (Lipinski definition) is 1. The Morgan fingerprint density at radius 2 is 1.67 bits per heavy atom. The Balaban J connectivity index is 0. The average molecular weight is 264 g/mol. The Kier molecular flexibility index (Phi) is 20.5. The molecule has 110 valence electrons. The second kappa shape index (κ2) is 18.7. The fraction of sp³-hybridized carbons (Fsp3) is 0.923. The second-order valence-electron chi connectivity index (χ2n) is 3.58. The molecule has 0 heterocycles. The standard InChI is InChI=1S/C7H14O2.C6H14O3/c1-3-4-5-6-9-7(2)8;1-2-8-5-6-9-4-3-7/h3-6H2,1-2H3;7H,2-6H2,1H3. The lowest BCUT2D eigenvalue weighted by Crippen LogP contribution is -2.06. The van der Waals surface area contributed by atoms with Gasteiger partial charge in [0.25, 0.3) is 0 Å². The summed E-state index contributed by atoms with van der Waals surface area (Å²) in [5.41, 5.74) is 0. The van der Waals surface area contributed by atoms with E-state index in [0.717, 1.165) is 19.4 Å². The van der Waals surface area contributed by atoms with Gasteiger partial charge in [-0.25, -0.2) is 0 Å². The normalized spacial score (nSPS) is 9.56. The summed E-state index contributed by atoms with van der Waals surface area (Å²) in [4.78, 5) is 10.2. The van der Waals surface area contributed by atoms with E-state index < -0.39 is 0 Å². The van der Waals surface area contributed by atoms with Gasteiger partial charge in [-0.15, -0.1) is 0 Å². The highest BCUT2D eigenvalue weighted by molar-refractivity contribution is 5.65. The van der Waals surface area contributed by atoms with E-state index in [1.807, 2.05) is 6.92 Å². The summed E-state index contributed by atoms with van der Waals surface area (Å²) in [7, 11) is 0. The van der Waals surface area contributed by atoms with E-state index in [4.69, 9.17) is 19.3 Å². The number of aliphatic hydroxyl groups is 1. The lowest BCUT2D eigenvalue weighted by atomic mass is 10.3. The molecule has 5 heteroatoms. The van der Waals surface area contributed by atoms with Crippen molar-refractivity contribution in [2.24, 2.45) is 0 Å². The van der Waals surface area contributed by atoms with Gasteiger partial charge in [0.05, 0.1) is 33.0 Å². The van der Waals surface area contributed by atoms with Gasteiger partial charge in [-0.05, 0) is 13.3 Å². The molecule has 0 rings (SSSR count). The van der Waals surface area contributed by atoms with Crippen molar-refractivity contribution in [2.45, 2.75) is 40.0 Å². The van der Waals surface area contributed by atoms with Crippen LogP contribution in [-0.4, -0.2) is 50.7 Å². The number of carbonyl (C=O) groups is 1. The summed E-state index contributed by atoms with van der Waals surface area (Å²) in [6.07, 6.45) is 3.31. The van der Waals surface area contributed by atoms with E-state index in [0.29, 0.717) is 26.4 Å². The van der Waals surface area contributed by atoms with Gasteiger partial charge in [-0.1, -0.05) is 19.8 Å². The molecule has 0 unspecified atom stereocenters. The first-order chi connectivity index (χ1) is 8.68. The SMILES string of the molecule is CCCCCOC(C)=O.CCOCCOCCO. The smallest absolute Gasteiger partial charge is 0.302 e. The van der Waals surface area contributed by atoms with Crippen LogP contribution >= 0.6 is 0 Å². The van der Waals surface area contributed by atoms with Crippen molar-refractivity contribution < 1.29 is 24.1 Å². The molecular weight excluding hydrogens is 236 g/mol. The van der Waals surface area contributed by atoms with E-state index in [1.165, 1.54) is 13.3 Å². The first kappa shape index (κ1) is 19.7. The lowest BCUT2D eigenvalue weighted by molar-refractivity contribution is -0.141. The third kappa shape index (κ3) is 24.5. The third-order valence-corrected chi connectivity index (χ3v) is 1.86. The average Bonchev–Trinajstić information content (AvgIpc) is 2.35. The molecule has 0 saturated heterocycles. The fourth-order valence-electron chi connectivity index (χ4n) is 0.997. The molecule has 0 aliphatic carbocycles. The molecule has 1 N–H and O–H groups in total. The maximum absolute atomic E-state index is 10.2. The van der Waals surface area contributed by atoms with E-state index in [-0.39, 0.29) is 12.6 Å². The number of aliphatic hydroxyl groups excluding tert-OH is 1. The zero-order valence-electron chi connectivity index (χ0n) is 11.9. The van der Waals surface area contributed by atoms with Gasteiger partial charge in [-0.3, -0.25) is 4.79 Å². The van der Waals surface area contributed by atoms with Crippen molar-refractivity contribution in [1.29, 1.82) is 0 Å². The van der Waals surface area contributed by atoms with Gasteiger partial charge in [0.15, 0.2) is 0 Å². The summed E-state index contributed by atoms with van der Waals surface area (Å²) < 4.78 is 14.6. The van der Waals surface area contributed by atoms with E-state index in [9.17, 15) is 4.79 Å². The molecule has 0 aromatic heterocycles. The molecule has 0 amide bonds. The maximum atomic E-state index is 10.2. The number of ether oxygens (including phenoxy) is 3. The zero-order valence-corrected chi connectivity index (χ0v) is 11.9. The van der Waals surface area contributed by atoms with Crippen LogP contribution in [0.3, 0.4) is 0 Å². The summed E-state index contributed by atoms with van der Waals surface area (Å²) in [5.74, 6) is -0.175. The van der Waals surface area contributed by atoms with Crippen LogP contribution in [0, 0.1) is 0 Å². The van der Waals surface area contributed by atoms with Gasteiger partial charge < -0.3 is 19.3 Å². The van der Waals surface area contributed by atoms with Crippen molar-refractivity contribution >= 4 is 5.97 Å². The minimum atomic E-state index is -0.175. The highest BCUT2D eigenvalue weighted by Crippen LogP contribution is 1.93. The Hall–Kier alpha value is -0.650. The number of carbonyl (C=O) groups excluding carboxylic acids is 1. The van der Waals surface area contributed by atoms with E-state index in [2.05, 4.69) is 6.92 Å². The summed E-state index contributed by atoms with van der Waals surface area (Å²) in [6, 6.07) is 0. The first-order valence-corrected chi connectivity index (χ1v) is 6.58. The van der Waals surface area contributed by atoms with Gasteiger partial charge in [0.1, 0.15) is 0 Å². The monoisotopic (exact) mass is 264 g/mol. The summed E-state index contributed by atoms with van der Waals surface area (Å²) in [6.45, 7) is 8.50.